The molecule has 3 aromatic carbocycles. The molecule has 0 saturated carbocycles. The smallest absolute Gasteiger partial charge is 0.247 e. The van der Waals surface area contributed by atoms with E-state index in [9.17, 15) is 63.0 Å². The van der Waals surface area contributed by atoms with Gasteiger partial charge in [-0.25, -0.2) is 0 Å². The van der Waals surface area contributed by atoms with Crippen molar-refractivity contribution in [3.63, 3.8) is 0 Å². The van der Waals surface area contributed by atoms with Crippen LogP contribution in [0.15, 0.2) is 85.1 Å². The van der Waals surface area contributed by atoms with Gasteiger partial charge < -0.3 is 85.6 Å². The highest BCUT2D eigenvalue weighted by molar-refractivity contribution is 7.99. The van der Waals surface area contributed by atoms with Crippen LogP contribution in [-0.4, -0.2) is 190 Å². The van der Waals surface area contributed by atoms with Gasteiger partial charge in [-0.05, 0) is 86.9 Å². The first-order valence-corrected chi connectivity index (χ1v) is 36.7. The third-order valence-electron chi connectivity index (χ3n) is 16.3. The molecule has 9 atom stereocenters. The summed E-state index contributed by atoms with van der Waals surface area (Å²) in [5.74, 6) is -10.5. The summed E-state index contributed by atoms with van der Waals surface area (Å²) in [6, 6.07) is 9.75. The Balaban J connectivity index is 1.57. The molecule has 4 aromatic rings. The zero-order chi connectivity index (χ0) is 74.9. The maximum atomic E-state index is 15.2. The van der Waals surface area contributed by atoms with E-state index in [0.29, 0.717) is 34.9 Å². The Labute approximate surface area is 603 Å². The minimum absolute atomic E-state index is 0.00694. The molecule has 30 nitrogen and oxygen atoms in total. The van der Waals surface area contributed by atoms with E-state index in [1.807, 2.05) is 0 Å². The number of ketones is 2. The number of carbonyl (C=O) groups excluding carboxylic acids is 13. The van der Waals surface area contributed by atoms with Crippen LogP contribution < -0.4 is 75.7 Å². The van der Waals surface area contributed by atoms with E-state index in [4.69, 9.17) is 17.2 Å². The summed E-state index contributed by atoms with van der Waals surface area (Å²) in [6.45, 7) is 5.21. The van der Waals surface area contributed by atoms with Crippen molar-refractivity contribution < 1.29 is 72.5 Å². The van der Waals surface area contributed by atoms with Gasteiger partial charge in [-0.2, -0.15) is 0 Å². The van der Waals surface area contributed by atoms with E-state index in [0.717, 1.165) is 49.2 Å². The molecule has 1 heterocycles. The minimum atomic E-state index is -1.69. The fraction of sp³-hybridized carbons (Fsp3) is 0.529. The summed E-state index contributed by atoms with van der Waals surface area (Å²) >= 11 is 2.07. The number of rotatable bonds is 51. The summed E-state index contributed by atoms with van der Waals surface area (Å²) in [4.78, 5) is 178. The monoisotopic (exact) mass is 1460 g/mol. The maximum Gasteiger partial charge on any atom is 0.247 e. The largest absolute Gasteiger partial charge is 0.508 e. The average molecular weight is 1460 g/mol. The van der Waals surface area contributed by atoms with Crippen molar-refractivity contribution in [2.24, 2.45) is 17.2 Å². The van der Waals surface area contributed by atoms with Gasteiger partial charge in [0.2, 0.25) is 70.8 Å². The second-order valence-corrected chi connectivity index (χ2v) is 26.8. The number of nitrogens with two attached hydrogens (primary N) is 3. The molecule has 0 fully saturated rings. The molecule has 0 bridgehead atoms. The third-order valence-corrected chi connectivity index (χ3v) is 18.1. The van der Waals surface area contributed by atoms with E-state index in [1.165, 1.54) is 70.7 Å². The molecule has 0 aliphatic heterocycles. The number of hydrogen-bond donors (Lipinski definition) is 17. The van der Waals surface area contributed by atoms with E-state index in [1.54, 1.807) is 60.8 Å². The standard InChI is InChI=1S/C70H103N15O15S2/c1-5-6-7-8-9-10-11-15-24-51(72)63(93)58(90)27-20-33-74-59(91)38-77-60(92)37-76-54(34-46-21-13-12-14-22-46)66(96)83-57(40-102-42-79-45(4)88)69(99)85-62(47-28-30-49(89)31-29-47)70(100)81-55(35-48-36-75-52-25-17-16-23-50(48)52)67(97)80-53(26-18-19-32-71)65(95)82-56(39-101-41-78-44(3)87)68(98)84-61(43(2)86)64(73)94/h12-14,16-17,21-23,25,28-31,36,43,51,53-57,61-62,75-76,86,89H,5-11,15,18-20,24,26-27,32-35,37-42,71-72H2,1-4H3,(H2,73,94)(H,74,91)(H,77,92)(H,78,87)(H,79,88)(H,80,97)(H,81,100)(H,82,95)(H,83,96)(H,84,98)(H,85,99)/t43-,51?,53+,54-,55+,56+,57+,61+,62?/m1/s1. The second kappa shape index (κ2) is 47.3. The number of para-hydroxylation sites is 1. The van der Waals surface area contributed by atoms with Gasteiger partial charge in [0.25, 0.3) is 0 Å². The maximum absolute atomic E-state index is 15.2. The number of Topliss-reactive ketones (excluding diaryl/α,β-unsaturated/α-hetero) is 2. The van der Waals surface area contributed by atoms with E-state index < -0.39 is 138 Å². The number of aromatic amines is 1. The fourth-order valence-electron chi connectivity index (χ4n) is 10.5. The van der Waals surface area contributed by atoms with E-state index >= 15 is 9.59 Å². The molecule has 0 aliphatic rings. The quantitative estimate of drug-likeness (QED) is 0.0163. The topological polar surface area (TPSA) is 489 Å². The highest BCUT2D eigenvalue weighted by Crippen LogP contribution is 2.23. The number of phenolic OH excluding ortho intramolecular Hbond substituents is 1. The molecular weight excluding hydrogens is 1350 g/mol. The number of aliphatic hydroxyl groups is 1. The summed E-state index contributed by atoms with van der Waals surface area (Å²) in [7, 11) is 0. The first-order chi connectivity index (χ1) is 48.8. The number of hydrogen-bond acceptors (Lipinski definition) is 20. The molecule has 560 valence electrons. The lowest BCUT2D eigenvalue weighted by Crippen LogP contribution is -2.60. The Morgan fingerprint density at radius 1 is 0.549 bits per heavy atom. The van der Waals surface area contributed by atoms with Gasteiger partial charge in [-0.1, -0.05) is 119 Å². The normalized spacial score (nSPS) is 13.8. The number of amides is 11. The third kappa shape index (κ3) is 32.4. The number of fused-ring (bicyclic) bond motifs is 1. The minimum Gasteiger partial charge on any atom is -0.508 e. The van der Waals surface area contributed by atoms with Crippen molar-refractivity contribution in [3.05, 3.63) is 102 Å². The van der Waals surface area contributed by atoms with Gasteiger partial charge in [0, 0.05) is 61.8 Å². The van der Waals surface area contributed by atoms with E-state index in [-0.39, 0.29) is 92.1 Å². The molecule has 32 heteroatoms. The average Bonchev–Trinajstić information content (AvgIpc) is 1.52. The lowest BCUT2D eigenvalue weighted by atomic mass is 9.99. The molecule has 1 aromatic heterocycles. The van der Waals surface area contributed by atoms with Crippen LogP contribution in [0, 0.1) is 0 Å². The van der Waals surface area contributed by atoms with Crippen molar-refractivity contribution in [2.45, 2.75) is 185 Å². The van der Waals surface area contributed by atoms with Crippen LogP contribution in [0.2, 0.25) is 0 Å². The Morgan fingerprint density at radius 2 is 1.09 bits per heavy atom. The van der Waals surface area contributed by atoms with Gasteiger partial charge >= 0.3 is 0 Å². The Morgan fingerprint density at radius 3 is 1.70 bits per heavy atom. The van der Waals surface area contributed by atoms with Crippen LogP contribution in [0.4, 0.5) is 0 Å². The van der Waals surface area contributed by atoms with Gasteiger partial charge in [-0.15, -0.1) is 23.5 Å². The summed E-state index contributed by atoms with van der Waals surface area (Å²) < 4.78 is 0. The number of unbranched alkanes of at least 4 members (excludes halogenated alkanes) is 8. The first kappa shape index (κ1) is 85.5. The number of phenols is 1. The predicted molar refractivity (Wildman–Crippen MR) is 389 cm³/mol. The number of aromatic nitrogens is 1. The van der Waals surface area contributed by atoms with Crippen molar-refractivity contribution in [2.75, 3.05) is 49.4 Å². The number of carbonyl (C=O) groups is 13. The molecule has 4 rings (SSSR count). The Kier molecular flexibility index (Phi) is 39.6. The lowest BCUT2D eigenvalue weighted by molar-refractivity contribution is -0.137. The molecule has 20 N–H and O–H groups in total. The first-order valence-electron chi connectivity index (χ1n) is 34.4. The van der Waals surface area contributed by atoms with Crippen molar-refractivity contribution in [1.82, 2.24) is 63.5 Å². The summed E-state index contributed by atoms with van der Waals surface area (Å²) in [6.07, 6.45) is 9.62. The predicted octanol–water partition coefficient (Wildman–Crippen LogP) is 0.556. The number of benzene rings is 3. The highest BCUT2D eigenvalue weighted by atomic mass is 32.2. The summed E-state index contributed by atoms with van der Waals surface area (Å²) in [5.41, 5.74) is 19.3. The molecular formula is C70H103N15O15S2. The Hall–Kier alpha value is -8.95. The molecule has 0 spiro atoms. The molecule has 102 heavy (non-hydrogen) atoms. The van der Waals surface area contributed by atoms with Gasteiger partial charge in [0.15, 0.2) is 5.78 Å². The van der Waals surface area contributed by atoms with Gasteiger partial charge in [0.1, 0.15) is 42.0 Å². The van der Waals surface area contributed by atoms with Crippen LogP contribution in [0.25, 0.3) is 10.9 Å². The number of nitrogens with one attached hydrogen (secondary N) is 12. The number of primary amides is 1. The molecule has 0 saturated heterocycles. The van der Waals surface area contributed by atoms with Crippen LogP contribution in [-0.2, 0) is 75.2 Å². The summed E-state index contributed by atoms with van der Waals surface area (Å²) in [5, 5.41) is 50.4. The number of aliphatic hydroxyl groups excluding tert-OH is 1. The van der Waals surface area contributed by atoms with Crippen LogP contribution in [0.5, 0.6) is 5.75 Å². The Bertz CT molecular complexity index is 3380. The zero-order valence-corrected chi connectivity index (χ0v) is 60.1. The fourth-order valence-corrected chi connectivity index (χ4v) is 12.3. The van der Waals surface area contributed by atoms with Crippen molar-refractivity contribution in [1.29, 1.82) is 0 Å². The SMILES string of the molecule is CCCCCCCCCCC(N)C(=O)C(=O)CCCNC(=O)CNC(=O)CN[C@H](Cc1ccccc1)C(=O)N[C@@H](CSCNC(C)=O)C(=O)NC(C(=O)N[C@@H](Cc1c[nH]c2ccccc12)C(=O)N[C@@H](CCCCN)C(=O)N[C@@H](CSCNC(C)=O)C(=O)N[C@H](C(N)=O)[C@@H](C)O)c1ccc(O)cc1. The molecule has 11 amide bonds. The molecule has 2 unspecified atom stereocenters. The van der Waals surface area contributed by atoms with Crippen molar-refractivity contribution >= 4 is 111 Å². The molecule has 0 aliphatic carbocycles. The lowest BCUT2D eigenvalue weighted by Gasteiger charge is -2.28. The van der Waals surface area contributed by atoms with E-state index in [2.05, 4.69) is 70.4 Å². The van der Waals surface area contributed by atoms with Crippen LogP contribution in [0.3, 0.4) is 0 Å². The second-order valence-electron chi connectivity index (χ2n) is 24.8. The van der Waals surface area contributed by atoms with Crippen LogP contribution in [0.1, 0.15) is 140 Å². The number of H-pyrrole nitrogens is 1. The highest BCUT2D eigenvalue weighted by Gasteiger charge is 2.36. The van der Waals surface area contributed by atoms with Crippen LogP contribution >= 0.6 is 23.5 Å². The number of aromatic hydroxyl groups is 1. The molecule has 0 radical (unpaired) electrons. The van der Waals surface area contributed by atoms with Crippen molar-refractivity contribution in [3.8, 4) is 5.75 Å². The van der Waals surface area contributed by atoms with Gasteiger partial charge in [0.05, 0.1) is 43.0 Å². The zero-order valence-electron chi connectivity index (χ0n) is 58.5. The van der Waals surface area contributed by atoms with Gasteiger partial charge in [-0.3, -0.25) is 67.6 Å². The number of thioether (sulfide) groups is 2.